The zero-order chi connectivity index (χ0) is 8.97. The molecule has 0 aliphatic carbocycles. The molecular formula is C9H9NO2. The number of terminal acetylenes is 1. The van der Waals surface area contributed by atoms with Crippen LogP contribution in [-0.2, 0) is 0 Å². The van der Waals surface area contributed by atoms with Crippen molar-refractivity contribution >= 4 is 5.78 Å². The van der Waals surface area contributed by atoms with Crippen molar-refractivity contribution in [3.05, 3.63) is 24.2 Å². The van der Waals surface area contributed by atoms with E-state index in [-0.39, 0.29) is 18.0 Å². The maximum atomic E-state index is 11.3. The Hall–Kier alpha value is -1.53. The highest BCUT2D eigenvalue weighted by Gasteiger charge is 2.16. The van der Waals surface area contributed by atoms with E-state index in [1.807, 2.05) is 0 Å². The number of hydrogen-bond acceptors (Lipinski definition) is 3. The second kappa shape index (κ2) is 3.74. The lowest BCUT2D eigenvalue weighted by Gasteiger charge is -2.02. The van der Waals surface area contributed by atoms with Gasteiger partial charge in [0.25, 0.3) is 0 Å². The molecule has 0 saturated carbocycles. The fourth-order valence-electron chi connectivity index (χ4n) is 0.821. The molecule has 0 bridgehead atoms. The molecule has 0 aliphatic rings. The van der Waals surface area contributed by atoms with Gasteiger partial charge in [-0.1, -0.05) is 0 Å². The van der Waals surface area contributed by atoms with Crippen LogP contribution in [0.2, 0.25) is 0 Å². The first-order valence-electron chi connectivity index (χ1n) is 3.52. The van der Waals surface area contributed by atoms with Crippen LogP contribution >= 0.6 is 0 Å². The van der Waals surface area contributed by atoms with Gasteiger partial charge in [-0.3, -0.25) is 4.79 Å². The van der Waals surface area contributed by atoms with E-state index in [0.717, 1.165) is 0 Å². The van der Waals surface area contributed by atoms with E-state index in [2.05, 4.69) is 5.92 Å². The molecular weight excluding hydrogens is 154 g/mol. The van der Waals surface area contributed by atoms with Gasteiger partial charge in [-0.05, 0) is 12.1 Å². The average molecular weight is 163 g/mol. The first kappa shape index (κ1) is 8.57. The monoisotopic (exact) mass is 163 g/mol. The summed E-state index contributed by atoms with van der Waals surface area (Å²) in [5, 5.41) is 0. The molecule has 0 radical (unpaired) electrons. The highest BCUT2D eigenvalue weighted by Crippen LogP contribution is 2.04. The van der Waals surface area contributed by atoms with E-state index in [1.54, 1.807) is 12.1 Å². The van der Waals surface area contributed by atoms with Gasteiger partial charge in [0.05, 0.1) is 12.3 Å². The molecule has 1 unspecified atom stereocenters. The molecule has 0 amide bonds. The molecule has 3 nitrogen and oxygen atoms in total. The van der Waals surface area contributed by atoms with Gasteiger partial charge in [0, 0.05) is 6.42 Å². The van der Waals surface area contributed by atoms with Gasteiger partial charge in [-0.2, -0.15) is 0 Å². The van der Waals surface area contributed by atoms with Gasteiger partial charge in [0.15, 0.2) is 5.76 Å². The van der Waals surface area contributed by atoms with Crippen molar-refractivity contribution < 1.29 is 9.21 Å². The number of rotatable bonds is 3. The van der Waals surface area contributed by atoms with Crippen LogP contribution in [0.25, 0.3) is 0 Å². The number of carbonyl (C=O) groups is 1. The third kappa shape index (κ3) is 1.74. The van der Waals surface area contributed by atoms with Crippen LogP contribution in [0, 0.1) is 12.3 Å². The van der Waals surface area contributed by atoms with Gasteiger partial charge < -0.3 is 10.2 Å². The molecule has 1 heterocycles. The van der Waals surface area contributed by atoms with Crippen molar-refractivity contribution in [1.82, 2.24) is 0 Å². The third-order valence-corrected chi connectivity index (χ3v) is 1.44. The molecule has 1 atom stereocenters. The average Bonchev–Trinajstić information content (AvgIpc) is 2.55. The highest BCUT2D eigenvalue weighted by atomic mass is 16.3. The van der Waals surface area contributed by atoms with E-state index in [1.165, 1.54) is 6.26 Å². The fraction of sp³-hybridized carbons (Fsp3) is 0.222. The van der Waals surface area contributed by atoms with E-state index < -0.39 is 6.04 Å². The second-order valence-corrected chi connectivity index (χ2v) is 2.36. The zero-order valence-electron chi connectivity index (χ0n) is 6.49. The summed E-state index contributed by atoms with van der Waals surface area (Å²) < 4.78 is 4.86. The van der Waals surface area contributed by atoms with Crippen molar-refractivity contribution in [3.63, 3.8) is 0 Å². The summed E-state index contributed by atoms with van der Waals surface area (Å²) >= 11 is 0. The molecule has 12 heavy (non-hydrogen) atoms. The first-order valence-corrected chi connectivity index (χ1v) is 3.52. The van der Waals surface area contributed by atoms with Crippen LogP contribution < -0.4 is 5.73 Å². The Kier molecular flexibility index (Phi) is 2.67. The highest BCUT2D eigenvalue weighted by molar-refractivity contribution is 5.97. The Morgan fingerprint density at radius 2 is 2.58 bits per heavy atom. The summed E-state index contributed by atoms with van der Waals surface area (Å²) in [4.78, 5) is 11.3. The van der Waals surface area contributed by atoms with Crippen LogP contribution in [0.1, 0.15) is 17.0 Å². The number of ketones is 1. The molecule has 0 fully saturated rings. The van der Waals surface area contributed by atoms with E-state index in [4.69, 9.17) is 16.6 Å². The maximum absolute atomic E-state index is 11.3. The van der Waals surface area contributed by atoms with Crippen LogP contribution in [0.15, 0.2) is 22.8 Å². The SMILES string of the molecule is C#CCC(N)C(=O)c1ccco1. The van der Waals surface area contributed by atoms with Crippen LogP contribution in [0.5, 0.6) is 0 Å². The van der Waals surface area contributed by atoms with Crippen LogP contribution in [0.4, 0.5) is 0 Å². The number of hydrogen-bond donors (Lipinski definition) is 1. The van der Waals surface area contributed by atoms with Crippen molar-refractivity contribution in [3.8, 4) is 12.3 Å². The van der Waals surface area contributed by atoms with Gasteiger partial charge in [-0.15, -0.1) is 12.3 Å². The lowest BCUT2D eigenvalue weighted by Crippen LogP contribution is -2.29. The molecule has 0 aliphatic heterocycles. The van der Waals surface area contributed by atoms with E-state index in [0.29, 0.717) is 0 Å². The van der Waals surface area contributed by atoms with Crippen molar-refractivity contribution in [1.29, 1.82) is 0 Å². The molecule has 62 valence electrons. The normalized spacial score (nSPS) is 12.0. The quantitative estimate of drug-likeness (QED) is 0.530. The minimum Gasteiger partial charge on any atom is -0.461 e. The maximum Gasteiger partial charge on any atom is 0.215 e. The number of furan rings is 1. The summed E-state index contributed by atoms with van der Waals surface area (Å²) in [6.45, 7) is 0. The summed E-state index contributed by atoms with van der Waals surface area (Å²) in [6, 6.07) is 2.55. The topological polar surface area (TPSA) is 56.2 Å². The predicted molar refractivity (Wildman–Crippen MR) is 44.5 cm³/mol. The molecule has 1 rings (SSSR count). The molecule has 0 aromatic carbocycles. The first-order chi connectivity index (χ1) is 5.75. The number of carbonyl (C=O) groups excluding carboxylic acids is 1. The standard InChI is InChI=1S/C9H9NO2/c1-2-4-7(10)9(11)8-5-3-6-12-8/h1,3,5-7H,4,10H2. The van der Waals surface area contributed by atoms with Crippen molar-refractivity contribution in [2.75, 3.05) is 0 Å². The molecule has 0 spiro atoms. The fourth-order valence-corrected chi connectivity index (χ4v) is 0.821. The minimum absolute atomic E-state index is 0.236. The zero-order valence-corrected chi connectivity index (χ0v) is 6.49. The minimum atomic E-state index is -0.652. The predicted octanol–water partition coefficient (Wildman–Crippen LogP) is 0.813. The summed E-state index contributed by atoms with van der Waals surface area (Å²) in [6.07, 6.45) is 6.67. The number of Topliss-reactive ketones (excluding diaryl/α,β-unsaturated/α-hetero) is 1. The summed E-state index contributed by atoms with van der Waals surface area (Å²) in [5.41, 5.74) is 5.47. The Balaban J connectivity index is 2.67. The van der Waals surface area contributed by atoms with Crippen molar-refractivity contribution in [2.24, 2.45) is 5.73 Å². The Morgan fingerprint density at radius 3 is 3.08 bits per heavy atom. The van der Waals surface area contributed by atoms with Crippen LogP contribution in [0.3, 0.4) is 0 Å². The second-order valence-electron chi connectivity index (χ2n) is 2.36. The summed E-state index contributed by atoms with van der Waals surface area (Å²) in [7, 11) is 0. The Labute approximate surface area is 70.6 Å². The summed E-state index contributed by atoms with van der Waals surface area (Å²) in [5.74, 6) is 2.33. The molecule has 3 heteroatoms. The molecule has 0 saturated heterocycles. The largest absolute Gasteiger partial charge is 0.461 e. The Bertz CT molecular complexity index is 295. The van der Waals surface area contributed by atoms with Gasteiger partial charge >= 0.3 is 0 Å². The van der Waals surface area contributed by atoms with Gasteiger partial charge in [0.1, 0.15) is 0 Å². The lowest BCUT2D eigenvalue weighted by molar-refractivity contribution is 0.0935. The smallest absolute Gasteiger partial charge is 0.215 e. The Morgan fingerprint density at radius 1 is 1.83 bits per heavy atom. The molecule has 1 aromatic rings. The van der Waals surface area contributed by atoms with E-state index >= 15 is 0 Å². The third-order valence-electron chi connectivity index (χ3n) is 1.44. The van der Waals surface area contributed by atoms with Crippen LogP contribution in [-0.4, -0.2) is 11.8 Å². The van der Waals surface area contributed by atoms with Gasteiger partial charge in [-0.25, -0.2) is 0 Å². The number of nitrogens with two attached hydrogens (primary N) is 1. The molecule has 1 aromatic heterocycles. The molecule has 2 N–H and O–H groups in total. The lowest BCUT2D eigenvalue weighted by atomic mass is 10.1. The van der Waals surface area contributed by atoms with E-state index in [9.17, 15) is 4.79 Å². The van der Waals surface area contributed by atoms with Crippen molar-refractivity contribution in [2.45, 2.75) is 12.5 Å². The van der Waals surface area contributed by atoms with Gasteiger partial charge in [0.2, 0.25) is 5.78 Å².